The maximum Gasteiger partial charge on any atom is 0.180 e. The van der Waals surface area contributed by atoms with Crippen molar-refractivity contribution >= 4 is 64.9 Å². The van der Waals surface area contributed by atoms with E-state index in [1.165, 1.54) is 0 Å². The zero-order valence-electron chi connectivity index (χ0n) is 13.2. The third-order valence-electron chi connectivity index (χ3n) is 4.11. The predicted molar refractivity (Wildman–Crippen MR) is 114 cm³/mol. The van der Waals surface area contributed by atoms with Gasteiger partial charge in [-0.1, -0.05) is 47.8 Å². The Morgan fingerprint density at radius 1 is 0.600 bits per heavy atom. The van der Waals surface area contributed by atoms with Crippen molar-refractivity contribution in [3.63, 3.8) is 0 Å². The summed E-state index contributed by atoms with van der Waals surface area (Å²) in [5, 5.41) is 9.66. The van der Waals surface area contributed by atoms with Gasteiger partial charge in [0.05, 0.1) is 0 Å². The standard InChI is InChI=1S/C20H14Br3N2/c21-15-1-7-18(8-2-15)25(14-13-24,19-9-3-16(22)4-10-19)20-11-5-17(23)6-12-20/h1-12H,14H2/q+1. The van der Waals surface area contributed by atoms with Crippen molar-refractivity contribution in [3.8, 4) is 6.07 Å². The molecule has 0 atom stereocenters. The maximum absolute atomic E-state index is 9.66. The fourth-order valence-electron chi connectivity index (χ4n) is 2.91. The molecule has 0 spiro atoms. The Kier molecular flexibility index (Phi) is 5.75. The quantitative estimate of drug-likeness (QED) is 0.258. The lowest BCUT2D eigenvalue weighted by molar-refractivity contribution is 0.577. The summed E-state index contributed by atoms with van der Waals surface area (Å²) in [5.41, 5.74) is 3.11. The first-order valence-electron chi connectivity index (χ1n) is 7.60. The number of benzene rings is 3. The van der Waals surface area contributed by atoms with E-state index in [-0.39, 0.29) is 0 Å². The Labute approximate surface area is 172 Å². The van der Waals surface area contributed by atoms with E-state index in [0.717, 1.165) is 30.5 Å². The molecule has 0 heterocycles. The van der Waals surface area contributed by atoms with Crippen molar-refractivity contribution < 1.29 is 0 Å². The molecule has 0 radical (unpaired) electrons. The molecule has 2 nitrogen and oxygen atoms in total. The molecule has 0 aliphatic rings. The predicted octanol–water partition coefficient (Wildman–Crippen LogP) is 7.47. The first-order valence-corrected chi connectivity index (χ1v) is 9.97. The van der Waals surface area contributed by atoms with Crippen molar-refractivity contribution in [1.82, 2.24) is 4.48 Å². The highest BCUT2D eigenvalue weighted by atomic mass is 79.9. The number of nitrogens with zero attached hydrogens (tertiary/aromatic N) is 2. The van der Waals surface area contributed by atoms with Crippen LogP contribution in [0.1, 0.15) is 0 Å². The van der Waals surface area contributed by atoms with E-state index in [4.69, 9.17) is 0 Å². The summed E-state index contributed by atoms with van der Waals surface area (Å²) in [6, 6.07) is 26.8. The van der Waals surface area contributed by atoms with Gasteiger partial charge >= 0.3 is 0 Å². The summed E-state index contributed by atoms with van der Waals surface area (Å²) in [4.78, 5) is 0. The summed E-state index contributed by atoms with van der Waals surface area (Å²) >= 11 is 10.5. The van der Waals surface area contributed by atoms with Gasteiger partial charge in [-0.3, -0.25) is 0 Å². The van der Waals surface area contributed by atoms with Crippen molar-refractivity contribution in [2.75, 3.05) is 6.54 Å². The molecule has 25 heavy (non-hydrogen) atoms. The largest absolute Gasteiger partial charge is 0.215 e. The van der Waals surface area contributed by atoms with Gasteiger partial charge in [0, 0.05) is 49.8 Å². The van der Waals surface area contributed by atoms with Crippen molar-refractivity contribution in [1.29, 1.82) is 5.26 Å². The number of hydrogen-bond acceptors (Lipinski definition) is 1. The van der Waals surface area contributed by atoms with Crippen LogP contribution in [0.3, 0.4) is 0 Å². The first kappa shape index (κ1) is 18.3. The summed E-state index contributed by atoms with van der Waals surface area (Å²) in [5.74, 6) is 0. The highest BCUT2D eigenvalue weighted by molar-refractivity contribution is 9.11. The lowest BCUT2D eigenvalue weighted by Gasteiger charge is -2.35. The second-order valence-electron chi connectivity index (χ2n) is 5.56. The van der Waals surface area contributed by atoms with Gasteiger partial charge in [-0.25, -0.2) is 4.48 Å². The van der Waals surface area contributed by atoms with E-state index in [2.05, 4.69) is 90.3 Å². The molecule has 0 amide bonds. The van der Waals surface area contributed by atoms with E-state index in [9.17, 15) is 5.26 Å². The zero-order valence-corrected chi connectivity index (χ0v) is 17.9. The second-order valence-corrected chi connectivity index (χ2v) is 8.30. The van der Waals surface area contributed by atoms with Crippen molar-refractivity contribution in [3.05, 3.63) is 86.2 Å². The van der Waals surface area contributed by atoms with Gasteiger partial charge in [0.1, 0.15) is 23.1 Å². The molecular formula is C20H14Br3N2+. The normalized spacial score (nSPS) is 11.1. The number of nitriles is 1. The van der Waals surface area contributed by atoms with Gasteiger partial charge in [-0.2, -0.15) is 5.26 Å². The molecule has 3 rings (SSSR count). The molecule has 3 aromatic carbocycles. The van der Waals surface area contributed by atoms with Gasteiger partial charge in [-0.15, -0.1) is 0 Å². The third kappa shape index (κ3) is 3.73. The van der Waals surface area contributed by atoms with Gasteiger partial charge in [0.25, 0.3) is 0 Å². The fourth-order valence-corrected chi connectivity index (χ4v) is 3.71. The lowest BCUT2D eigenvalue weighted by Crippen LogP contribution is -2.39. The maximum atomic E-state index is 9.66. The molecule has 0 aliphatic heterocycles. The van der Waals surface area contributed by atoms with Gasteiger partial charge in [-0.05, 0) is 36.4 Å². The van der Waals surface area contributed by atoms with E-state index < -0.39 is 0 Å². The SMILES string of the molecule is N#CC[N+](c1ccc(Br)cc1)(c1ccc(Br)cc1)c1ccc(Br)cc1. The summed E-state index contributed by atoms with van der Waals surface area (Å²) in [6.45, 7) is 0.297. The number of rotatable bonds is 4. The summed E-state index contributed by atoms with van der Waals surface area (Å²) in [6.07, 6.45) is 0. The Morgan fingerprint density at radius 3 is 1.12 bits per heavy atom. The molecule has 0 aliphatic carbocycles. The first-order chi connectivity index (χ1) is 12.1. The minimum absolute atomic E-state index is 0.297. The highest BCUT2D eigenvalue weighted by Crippen LogP contribution is 2.44. The molecule has 0 fully saturated rings. The summed E-state index contributed by atoms with van der Waals surface area (Å²) < 4.78 is 3.37. The van der Waals surface area contributed by atoms with Crippen LogP contribution < -0.4 is 4.48 Å². The molecule has 0 saturated carbocycles. The average molecular weight is 522 g/mol. The van der Waals surface area contributed by atoms with Crippen molar-refractivity contribution in [2.45, 2.75) is 0 Å². The van der Waals surface area contributed by atoms with Crippen LogP contribution in [0.25, 0.3) is 0 Å². The third-order valence-corrected chi connectivity index (χ3v) is 5.70. The highest BCUT2D eigenvalue weighted by Gasteiger charge is 2.36. The van der Waals surface area contributed by atoms with Crippen LogP contribution in [-0.2, 0) is 0 Å². The van der Waals surface area contributed by atoms with Crippen LogP contribution in [0.5, 0.6) is 0 Å². The minimum Gasteiger partial charge on any atom is -0.215 e. The van der Waals surface area contributed by atoms with E-state index in [1.54, 1.807) is 0 Å². The van der Waals surface area contributed by atoms with Gasteiger partial charge in [0.15, 0.2) is 6.54 Å². The van der Waals surface area contributed by atoms with Gasteiger partial charge in [0.2, 0.25) is 0 Å². The molecule has 5 heteroatoms. The monoisotopic (exact) mass is 519 g/mol. The van der Waals surface area contributed by atoms with E-state index in [0.29, 0.717) is 11.0 Å². The Bertz CT molecular complexity index is 785. The number of hydrogen-bond donors (Lipinski definition) is 0. The smallest absolute Gasteiger partial charge is 0.180 e. The van der Waals surface area contributed by atoms with Gasteiger partial charge < -0.3 is 0 Å². The second kappa shape index (κ2) is 7.84. The molecule has 124 valence electrons. The Hall–Kier alpha value is -1.45. The average Bonchev–Trinajstić information content (AvgIpc) is 2.62. The van der Waals surface area contributed by atoms with Crippen LogP contribution in [0, 0.1) is 11.3 Å². The van der Waals surface area contributed by atoms with Crippen LogP contribution >= 0.6 is 47.8 Å². The zero-order chi connectivity index (χ0) is 17.9. The molecular weight excluding hydrogens is 508 g/mol. The number of quaternary nitrogens is 1. The Balaban J connectivity index is 2.31. The van der Waals surface area contributed by atoms with Crippen LogP contribution in [0.4, 0.5) is 17.1 Å². The molecule has 0 aromatic heterocycles. The molecule has 3 aromatic rings. The van der Waals surface area contributed by atoms with E-state index in [1.807, 2.05) is 36.4 Å². The fraction of sp³-hybridized carbons (Fsp3) is 0.0500. The lowest BCUT2D eigenvalue weighted by atomic mass is 10.1. The van der Waals surface area contributed by atoms with Crippen LogP contribution in [0.2, 0.25) is 0 Å². The van der Waals surface area contributed by atoms with Crippen molar-refractivity contribution in [2.24, 2.45) is 0 Å². The Morgan fingerprint density at radius 2 is 0.880 bits per heavy atom. The molecule has 0 bridgehead atoms. The molecule has 0 saturated heterocycles. The van der Waals surface area contributed by atoms with E-state index >= 15 is 0 Å². The van der Waals surface area contributed by atoms with Crippen LogP contribution in [0.15, 0.2) is 86.2 Å². The topological polar surface area (TPSA) is 23.8 Å². The molecule has 0 unspecified atom stereocenters. The number of halogens is 3. The van der Waals surface area contributed by atoms with Crippen LogP contribution in [-0.4, -0.2) is 6.54 Å². The minimum atomic E-state index is 0.297. The molecule has 0 N–H and O–H groups in total. The summed E-state index contributed by atoms with van der Waals surface area (Å²) in [7, 11) is 0.